The van der Waals surface area contributed by atoms with E-state index in [0.29, 0.717) is 41.7 Å². The molecule has 0 fully saturated rings. The summed E-state index contributed by atoms with van der Waals surface area (Å²) in [5, 5.41) is 10.4. The molecule has 9 heteroatoms. The molecule has 1 N–H and O–H groups in total. The maximum atomic E-state index is 13.0. The zero-order chi connectivity index (χ0) is 22.9. The van der Waals surface area contributed by atoms with E-state index >= 15 is 0 Å². The number of halogens is 1. The minimum Gasteiger partial charge on any atom is -0.490 e. The van der Waals surface area contributed by atoms with Crippen molar-refractivity contribution in [3.8, 4) is 28.5 Å². The van der Waals surface area contributed by atoms with Crippen molar-refractivity contribution < 1.29 is 28.0 Å². The van der Waals surface area contributed by atoms with Gasteiger partial charge in [-0.15, -0.1) is 0 Å². The predicted molar refractivity (Wildman–Crippen MR) is 116 cm³/mol. The first-order valence-electron chi connectivity index (χ1n) is 10.5. The summed E-state index contributed by atoms with van der Waals surface area (Å²) in [5.74, 6) is 0.873. The lowest BCUT2D eigenvalue weighted by Gasteiger charge is -2.14. The Bertz CT molecular complexity index is 1020. The van der Waals surface area contributed by atoms with E-state index in [1.54, 1.807) is 25.1 Å². The van der Waals surface area contributed by atoms with Crippen LogP contribution in [0.4, 0.5) is 10.2 Å². The number of benzene rings is 2. The number of aromatic nitrogens is 2. The first-order valence-corrected chi connectivity index (χ1v) is 10.5. The number of nitrogens with one attached hydrogen (secondary N) is 1. The quantitative estimate of drug-likeness (QED) is 0.452. The normalized spacial score (nSPS) is 11.6. The fourth-order valence-electron chi connectivity index (χ4n) is 2.76. The summed E-state index contributed by atoms with van der Waals surface area (Å²) >= 11 is 0. The lowest BCUT2D eigenvalue weighted by Crippen LogP contribution is -2.30. The van der Waals surface area contributed by atoms with Crippen LogP contribution in [-0.4, -0.2) is 35.5 Å². The molecule has 0 spiro atoms. The molecule has 0 radical (unpaired) electrons. The molecule has 1 heterocycles. The Morgan fingerprint density at radius 2 is 1.72 bits per heavy atom. The number of ether oxygens (including phenoxy) is 3. The van der Waals surface area contributed by atoms with Crippen LogP contribution in [0.15, 0.2) is 47.1 Å². The molecule has 32 heavy (non-hydrogen) atoms. The minimum atomic E-state index is -0.863. The van der Waals surface area contributed by atoms with Crippen molar-refractivity contribution in [3.63, 3.8) is 0 Å². The zero-order valence-corrected chi connectivity index (χ0v) is 18.3. The molecule has 0 aliphatic rings. The van der Waals surface area contributed by atoms with Crippen LogP contribution in [0, 0.1) is 5.82 Å². The van der Waals surface area contributed by atoms with Crippen molar-refractivity contribution in [2.75, 3.05) is 18.5 Å². The second-order valence-corrected chi connectivity index (χ2v) is 7.02. The Morgan fingerprint density at radius 1 is 1.03 bits per heavy atom. The highest BCUT2D eigenvalue weighted by Gasteiger charge is 2.21. The van der Waals surface area contributed by atoms with Crippen LogP contribution in [0.1, 0.15) is 33.6 Å². The highest BCUT2D eigenvalue weighted by atomic mass is 19.1. The third-order valence-corrected chi connectivity index (χ3v) is 4.37. The van der Waals surface area contributed by atoms with E-state index in [-0.39, 0.29) is 11.6 Å². The average molecular weight is 443 g/mol. The van der Waals surface area contributed by atoms with Gasteiger partial charge < -0.3 is 19.5 Å². The highest BCUT2D eigenvalue weighted by Crippen LogP contribution is 2.34. The number of anilines is 1. The van der Waals surface area contributed by atoms with Gasteiger partial charge in [-0.2, -0.15) is 0 Å². The largest absolute Gasteiger partial charge is 0.490 e. The van der Waals surface area contributed by atoms with Crippen molar-refractivity contribution in [2.45, 2.75) is 39.7 Å². The summed E-state index contributed by atoms with van der Waals surface area (Å²) in [5.41, 5.74) is 0.985. The third-order valence-electron chi connectivity index (χ3n) is 4.37. The second kappa shape index (κ2) is 11.1. The summed E-state index contributed by atoms with van der Waals surface area (Å²) in [7, 11) is 0. The second-order valence-electron chi connectivity index (χ2n) is 7.02. The predicted octanol–water partition coefficient (Wildman–Crippen LogP) is 4.86. The van der Waals surface area contributed by atoms with E-state index in [9.17, 15) is 9.18 Å². The maximum Gasteiger partial charge on any atom is 0.266 e. The number of carbonyl (C=O) groups is 1. The van der Waals surface area contributed by atoms with Gasteiger partial charge in [0.25, 0.3) is 5.91 Å². The van der Waals surface area contributed by atoms with Gasteiger partial charge in [-0.05, 0) is 72.5 Å². The molecule has 0 saturated heterocycles. The lowest BCUT2D eigenvalue weighted by atomic mass is 10.1. The Hall–Kier alpha value is -3.62. The SMILES string of the molecule is CCCOc1ccc(-c2nonc2NC(=O)C(C)Oc2ccc(F)cc2)cc1OCCC. The number of hydrogen-bond donors (Lipinski definition) is 1. The molecular formula is C23H26FN3O5. The van der Waals surface area contributed by atoms with E-state index in [0.717, 1.165) is 12.8 Å². The van der Waals surface area contributed by atoms with E-state index in [2.05, 4.69) is 15.6 Å². The van der Waals surface area contributed by atoms with Gasteiger partial charge in [0.05, 0.1) is 13.2 Å². The molecule has 1 aromatic heterocycles. The van der Waals surface area contributed by atoms with E-state index in [4.69, 9.17) is 18.8 Å². The molecule has 8 nitrogen and oxygen atoms in total. The fourth-order valence-corrected chi connectivity index (χ4v) is 2.76. The van der Waals surface area contributed by atoms with Crippen LogP contribution < -0.4 is 19.5 Å². The molecule has 3 aromatic rings. The van der Waals surface area contributed by atoms with Crippen LogP contribution in [0.2, 0.25) is 0 Å². The summed E-state index contributed by atoms with van der Waals surface area (Å²) in [6, 6.07) is 10.8. The van der Waals surface area contributed by atoms with Crippen LogP contribution in [-0.2, 0) is 4.79 Å². The number of amides is 1. The molecule has 0 bridgehead atoms. The monoisotopic (exact) mass is 443 g/mol. The van der Waals surface area contributed by atoms with Gasteiger partial charge in [0, 0.05) is 5.56 Å². The number of rotatable bonds is 11. The molecule has 2 aromatic carbocycles. The van der Waals surface area contributed by atoms with Crippen molar-refractivity contribution in [1.29, 1.82) is 0 Å². The van der Waals surface area contributed by atoms with Crippen molar-refractivity contribution >= 4 is 11.7 Å². The number of hydrogen-bond acceptors (Lipinski definition) is 7. The summed E-state index contributed by atoms with van der Waals surface area (Å²) < 4.78 is 35.0. The Morgan fingerprint density at radius 3 is 2.41 bits per heavy atom. The van der Waals surface area contributed by atoms with Gasteiger partial charge in [-0.25, -0.2) is 9.02 Å². The van der Waals surface area contributed by atoms with Crippen molar-refractivity contribution in [2.24, 2.45) is 0 Å². The molecule has 0 aliphatic heterocycles. The van der Waals surface area contributed by atoms with Crippen LogP contribution in [0.25, 0.3) is 11.3 Å². The Kier molecular flexibility index (Phi) is 8.02. The fraction of sp³-hybridized carbons (Fsp3) is 0.348. The molecular weight excluding hydrogens is 417 g/mol. The first-order chi connectivity index (χ1) is 15.5. The van der Waals surface area contributed by atoms with Crippen molar-refractivity contribution in [1.82, 2.24) is 10.3 Å². The number of nitrogens with zero attached hydrogens (tertiary/aromatic N) is 2. The molecule has 0 saturated carbocycles. The van der Waals surface area contributed by atoms with Gasteiger partial charge >= 0.3 is 0 Å². The molecule has 3 rings (SSSR count). The van der Waals surface area contributed by atoms with E-state index in [1.807, 2.05) is 13.8 Å². The van der Waals surface area contributed by atoms with Crippen LogP contribution in [0.5, 0.6) is 17.2 Å². The molecule has 1 atom stereocenters. The molecule has 1 unspecified atom stereocenters. The smallest absolute Gasteiger partial charge is 0.266 e. The molecule has 1 amide bonds. The van der Waals surface area contributed by atoms with Crippen LogP contribution in [0.3, 0.4) is 0 Å². The van der Waals surface area contributed by atoms with Gasteiger partial charge in [-0.1, -0.05) is 13.8 Å². The average Bonchev–Trinajstić information content (AvgIpc) is 3.26. The Balaban J connectivity index is 1.75. The van der Waals surface area contributed by atoms with Crippen LogP contribution >= 0.6 is 0 Å². The van der Waals surface area contributed by atoms with E-state index in [1.165, 1.54) is 24.3 Å². The van der Waals surface area contributed by atoms with Crippen molar-refractivity contribution in [3.05, 3.63) is 48.3 Å². The topological polar surface area (TPSA) is 95.7 Å². The Labute approximate surface area is 185 Å². The highest BCUT2D eigenvalue weighted by molar-refractivity contribution is 5.96. The van der Waals surface area contributed by atoms with Gasteiger partial charge in [-0.3, -0.25) is 4.79 Å². The van der Waals surface area contributed by atoms with Gasteiger partial charge in [0.15, 0.2) is 23.3 Å². The lowest BCUT2D eigenvalue weighted by molar-refractivity contribution is -0.122. The summed E-state index contributed by atoms with van der Waals surface area (Å²) in [4.78, 5) is 12.6. The summed E-state index contributed by atoms with van der Waals surface area (Å²) in [6.07, 6.45) is 0.852. The summed E-state index contributed by atoms with van der Waals surface area (Å²) in [6.45, 7) is 6.71. The van der Waals surface area contributed by atoms with Gasteiger partial charge in [0.2, 0.25) is 5.82 Å². The maximum absolute atomic E-state index is 13.0. The molecule has 170 valence electrons. The zero-order valence-electron chi connectivity index (χ0n) is 18.3. The van der Waals surface area contributed by atoms with E-state index < -0.39 is 12.0 Å². The van der Waals surface area contributed by atoms with Gasteiger partial charge in [0.1, 0.15) is 11.6 Å². The minimum absolute atomic E-state index is 0.147. The standard InChI is InChI=1S/C23H26FN3O5/c1-4-12-29-19-11-6-16(14-20(19)30-13-5-2)21-22(27-32-26-21)25-23(28)15(3)31-18-9-7-17(24)8-10-18/h6-11,14-15H,4-5,12-13H2,1-3H3,(H,25,27,28). The third kappa shape index (κ3) is 5.96. The first kappa shape index (κ1) is 23.1. The molecule has 0 aliphatic carbocycles. The number of carbonyl (C=O) groups excluding carboxylic acids is 1.